The largest absolute Gasteiger partial charge is 0.296 e. The highest BCUT2D eigenvalue weighted by molar-refractivity contribution is 6.30. The maximum Gasteiger partial charge on any atom is 0.176 e. The molecule has 1 aromatic heterocycles. The monoisotopic (exact) mass is 317 g/mol. The van der Waals surface area contributed by atoms with Crippen LogP contribution in [0.15, 0.2) is 42.7 Å². The molecule has 116 valence electrons. The molecular weight excluding hydrogens is 298 g/mol. The zero-order valence-corrected chi connectivity index (χ0v) is 13.2. The fourth-order valence-electron chi connectivity index (χ4n) is 2.93. The lowest BCUT2D eigenvalue weighted by atomic mass is 9.96. The number of hydrogen-bond acceptors (Lipinski definition) is 3. The number of rotatable bonds is 5. The van der Waals surface area contributed by atoms with Crippen molar-refractivity contribution in [2.45, 2.75) is 19.4 Å². The molecule has 0 saturated carbocycles. The van der Waals surface area contributed by atoms with Gasteiger partial charge in [-0.2, -0.15) is 5.10 Å². The fourth-order valence-corrected chi connectivity index (χ4v) is 3.06. The zero-order valence-electron chi connectivity index (χ0n) is 12.5. The van der Waals surface area contributed by atoms with E-state index in [0.29, 0.717) is 17.5 Å². The Morgan fingerprint density at radius 3 is 2.59 bits per heavy atom. The van der Waals surface area contributed by atoms with E-state index in [1.807, 2.05) is 23.1 Å². The molecule has 0 bridgehead atoms. The molecule has 0 N–H and O–H groups in total. The van der Waals surface area contributed by atoms with Crippen LogP contribution < -0.4 is 0 Å². The smallest absolute Gasteiger partial charge is 0.176 e. The molecule has 0 amide bonds. The number of benzene rings is 1. The molecule has 0 spiro atoms. The van der Waals surface area contributed by atoms with Crippen molar-refractivity contribution < 1.29 is 4.79 Å². The van der Waals surface area contributed by atoms with Gasteiger partial charge in [-0.3, -0.25) is 14.4 Å². The lowest BCUT2D eigenvalue weighted by Gasteiger charge is -2.31. The Hall–Kier alpha value is -1.65. The Balaban J connectivity index is 1.47. The normalized spacial score (nSPS) is 16.8. The molecule has 1 saturated heterocycles. The number of halogens is 1. The average Bonchev–Trinajstić information content (AvgIpc) is 3.03. The van der Waals surface area contributed by atoms with E-state index in [1.165, 1.54) is 0 Å². The van der Waals surface area contributed by atoms with Gasteiger partial charge in [0.15, 0.2) is 5.78 Å². The quantitative estimate of drug-likeness (QED) is 0.795. The molecule has 1 fully saturated rings. The lowest BCUT2D eigenvalue weighted by Crippen LogP contribution is -2.38. The van der Waals surface area contributed by atoms with Crippen LogP contribution in [0.2, 0.25) is 5.02 Å². The first-order chi connectivity index (χ1) is 10.7. The predicted molar refractivity (Wildman–Crippen MR) is 87.2 cm³/mol. The molecule has 2 aromatic rings. The van der Waals surface area contributed by atoms with Gasteiger partial charge in [0.05, 0.1) is 6.54 Å². The third-order valence-corrected chi connectivity index (χ3v) is 4.50. The summed E-state index contributed by atoms with van der Waals surface area (Å²) >= 11 is 5.85. The van der Waals surface area contributed by atoms with Crippen molar-refractivity contribution in [1.82, 2.24) is 14.7 Å². The second-order valence-electron chi connectivity index (χ2n) is 5.88. The first kappa shape index (κ1) is 15.3. The van der Waals surface area contributed by atoms with Crippen LogP contribution in [0.5, 0.6) is 0 Å². The zero-order chi connectivity index (χ0) is 15.4. The van der Waals surface area contributed by atoms with Crippen molar-refractivity contribution in [3.05, 3.63) is 53.3 Å². The third-order valence-electron chi connectivity index (χ3n) is 4.25. The molecule has 0 atom stereocenters. The summed E-state index contributed by atoms with van der Waals surface area (Å²) in [6.07, 6.45) is 6.07. The van der Waals surface area contributed by atoms with Crippen LogP contribution in [-0.2, 0) is 6.54 Å². The van der Waals surface area contributed by atoms with Gasteiger partial charge in [-0.15, -0.1) is 0 Å². The Kier molecular flexibility index (Phi) is 4.90. The summed E-state index contributed by atoms with van der Waals surface area (Å²) in [7, 11) is 0. The van der Waals surface area contributed by atoms with E-state index in [9.17, 15) is 4.79 Å². The van der Waals surface area contributed by atoms with Crippen LogP contribution in [0, 0.1) is 5.92 Å². The van der Waals surface area contributed by atoms with E-state index in [2.05, 4.69) is 10.00 Å². The topological polar surface area (TPSA) is 38.1 Å². The highest BCUT2D eigenvalue weighted by Gasteiger charge is 2.21. The van der Waals surface area contributed by atoms with Crippen LogP contribution in [0.1, 0.15) is 23.2 Å². The number of hydrogen-bond donors (Lipinski definition) is 0. The molecule has 0 radical (unpaired) electrons. The number of carbonyl (C=O) groups is 1. The van der Waals surface area contributed by atoms with Gasteiger partial charge in [0, 0.05) is 29.5 Å². The third kappa shape index (κ3) is 3.96. The van der Waals surface area contributed by atoms with Crippen LogP contribution in [0.4, 0.5) is 0 Å². The molecule has 1 aromatic carbocycles. The standard InChI is InChI=1S/C17H20ClN3O/c18-16-4-2-15(3-5-16)17(22)13-20-10-6-14(7-11-20)12-21-9-1-8-19-21/h1-5,8-9,14H,6-7,10-13H2. The molecule has 3 rings (SSSR count). The maximum atomic E-state index is 12.3. The van der Waals surface area contributed by atoms with Crippen molar-refractivity contribution >= 4 is 17.4 Å². The Bertz CT molecular complexity index is 601. The van der Waals surface area contributed by atoms with E-state index < -0.39 is 0 Å². The van der Waals surface area contributed by atoms with Gasteiger partial charge in [0.2, 0.25) is 0 Å². The summed E-state index contributed by atoms with van der Waals surface area (Å²) in [5.74, 6) is 0.823. The van der Waals surface area contributed by atoms with Crippen LogP contribution >= 0.6 is 11.6 Å². The number of likely N-dealkylation sites (tertiary alicyclic amines) is 1. The minimum Gasteiger partial charge on any atom is -0.296 e. The van der Waals surface area contributed by atoms with Gasteiger partial charge in [-0.05, 0) is 62.2 Å². The molecule has 0 unspecified atom stereocenters. The van der Waals surface area contributed by atoms with Gasteiger partial charge in [-0.1, -0.05) is 11.6 Å². The first-order valence-corrected chi connectivity index (χ1v) is 8.07. The number of Topliss-reactive ketones (excluding diaryl/α,β-unsaturated/α-hetero) is 1. The number of carbonyl (C=O) groups excluding carboxylic acids is 1. The van der Waals surface area contributed by atoms with Crippen molar-refractivity contribution in [2.75, 3.05) is 19.6 Å². The van der Waals surface area contributed by atoms with Gasteiger partial charge < -0.3 is 0 Å². The number of ketones is 1. The summed E-state index contributed by atoms with van der Waals surface area (Å²) in [6.45, 7) is 3.43. The van der Waals surface area contributed by atoms with Gasteiger partial charge in [0.25, 0.3) is 0 Å². The predicted octanol–water partition coefficient (Wildman–Crippen LogP) is 3.13. The molecule has 4 nitrogen and oxygen atoms in total. The van der Waals surface area contributed by atoms with Crippen molar-refractivity contribution in [1.29, 1.82) is 0 Å². The van der Waals surface area contributed by atoms with Crippen molar-refractivity contribution in [3.8, 4) is 0 Å². The molecular formula is C17H20ClN3O. The first-order valence-electron chi connectivity index (χ1n) is 7.69. The van der Waals surface area contributed by atoms with Gasteiger partial charge >= 0.3 is 0 Å². The second-order valence-corrected chi connectivity index (χ2v) is 6.31. The number of piperidine rings is 1. The molecule has 22 heavy (non-hydrogen) atoms. The van der Waals surface area contributed by atoms with Crippen molar-refractivity contribution in [3.63, 3.8) is 0 Å². The minimum absolute atomic E-state index is 0.169. The Morgan fingerprint density at radius 2 is 1.95 bits per heavy atom. The molecule has 5 heteroatoms. The molecule has 0 aliphatic carbocycles. The Morgan fingerprint density at radius 1 is 1.23 bits per heavy atom. The fraction of sp³-hybridized carbons (Fsp3) is 0.412. The minimum atomic E-state index is 0.169. The summed E-state index contributed by atoms with van der Waals surface area (Å²) in [6, 6.07) is 9.10. The maximum absolute atomic E-state index is 12.3. The molecule has 1 aliphatic heterocycles. The summed E-state index contributed by atoms with van der Waals surface area (Å²) in [5, 5.41) is 4.93. The summed E-state index contributed by atoms with van der Waals surface area (Å²) in [5.41, 5.74) is 0.739. The molecule has 2 heterocycles. The van der Waals surface area contributed by atoms with Gasteiger partial charge in [0.1, 0.15) is 0 Å². The van der Waals surface area contributed by atoms with E-state index in [1.54, 1.807) is 24.3 Å². The molecule has 1 aliphatic rings. The highest BCUT2D eigenvalue weighted by atomic mass is 35.5. The highest BCUT2D eigenvalue weighted by Crippen LogP contribution is 2.19. The second kappa shape index (κ2) is 7.07. The summed E-state index contributed by atoms with van der Waals surface area (Å²) in [4.78, 5) is 14.5. The van der Waals surface area contributed by atoms with Crippen LogP contribution in [-0.4, -0.2) is 40.1 Å². The Labute approximate surface area is 135 Å². The summed E-state index contributed by atoms with van der Waals surface area (Å²) < 4.78 is 2.00. The van der Waals surface area contributed by atoms with E-state index >= 15 is 0 Å². The van der Waals surface area contributed by atoms with E-state index in [4.69, 9.17) is 11.6 Å². The number of nitrogens with zero attached hydrogens (tertiary/aromatic N) is 3. The van der Waals surface area contributed by atoms with Crippen LogP contribution in [0.3, 0.4) is 0 Å². The SMILES string of the molecule is O=C(CN1CCC(Cn2cccn2)CC1)c1ccc(Cl)cc1. The van der Waals surface area contributed by atoms with Crippen molar-refractivity contribution in [2.24, 2.45) is 5.92 Å². The van der Waals surface area contributed by atoms with Crippen LogP contribution in [0.25, 0.3) is 0 Å². The van der Waals surface area contributed by atoms with Gasteiger partial charge in [-0.25, -0.2) is 0 Å². The van der Waals surface area contributed by atoms with E-state index in [-0.39, 0.29) is 5.78 Å². The number of aromatic nitrogens is 2. The average molecular weight is 318 g/mol. The van der Waals surface area contributed by atoms with E-state index in [0.717, 1.165) is 38.0 Å². The lowest BCUT2D eigenvalue weighted by molar-refractivity contribution is 0.0889.